The molecule has 2 aromatic rings. The summed E-state index contributed by atoms with van der Waals surface area (Å²) >= 11 is 1.70. The summed E-state index contributed by atoms with van der Waals surface area (Å²) < 4.78 is 5.53. The Kier molecular flexibility index (Phi) is 4.68. The van der Waals surface area contributed by atoms with Gasteiger partial charge in [-0.2, -0.15) is 0 Å². The quantitative estimate of drug-likeness (QED) is 0.920. The van der Waals surface area contributed by atoms with Crippen LogP contribution >= 0.6 is 11.8 Å². The Morgan fingerprint density at radius 3 is 2.84 bits per heavy atom. The van der Waals surface area contributed by atoms with E-state index in [4.69, 9.17) is 4.74 Å². The van der Waals surface area contributed by atoms with Crippen molar-refractivity contribution in [2.24, 2.45) is 0 Å². The van der Waals surface area contributed by atoms with Crippen molar-refractivity contribution in [2.45, 2.75) is 22.6 Å². The molecule has 1 saturated heterocycles. The number of nitrogens with one attached hydrogen (secondary N) is 1. The van der Waals surface area contributed by atoms with Gasteiger partial charge in [-0.15, -0.1) is 11.8 Å². The summed E-state index contributed by atoms with van der Waals surface area (Å²) in [5, 5.41) is 3.40. The number of amides is 1. The highest BCUT2D eigenvalue weighted by Crippen LogP contribution is 2.39. The van der Waals surface area contributed by atoms with Gasteiger partial charge in [0.25, 0.3) is 0 Å². The molecule has 0 aliphatic carbocycles. The van der Waals surface area contributed by atoms with Crippen LogP contribution in [0.4, 0.5) is 0 Å². The van der Waals surface area contributed by atoms with Crippen molar-refractivity contribution >= 4 is 17.7 Å². The molecular weight excluding hydrogens is 332 g/mol. The number of rotatable bonds is 3. The van der Waals surface area contributed by atoms with Gasteiger partial charge in [-0.25, -0.2) is 0 Å². The summed E-state index contributed by atoms with van der Waals surface area (Å²) in [7, 11) is 1.69. The second kappa shape index (κ2) is 7.10. The van der Waals surface area contributed by atoms with Gasteiger partial charge in [0.05, 0.1) is 18.4 Å². The number of thioether (sulfide) groups is 1. The summed E-state index contributed by atoms with van der Waals surface area (Å²) in [6.45, 7) is 2.33. The number of ether oxygens (including phenoxy) is 1. The predicted molar refractivity (Wildman–Crippen MR) is 100 cm³/mol. The van der Waals surface area contributed by atoms with Crippen LogP contribution in [-0.2, 0) is 11.2 Å². The van der Waals surface area contributed by atoms with E-state index in [1.807, 2.05) is 29.2 Å². The monoisotopic (exact) mass is 354 g/mol. The summed E-state index contributed by atoms with van der Waals surface area (Å²) in [5.74, 6) is 1.08. The molecule has 1 N–H and O–H groups in total. The van der Waals surface area contributed by atoms with Crippen LogP contribution in [0.2, 0.25) is 0 Å². The van der Waals surface area contributed by atoms with Gasteiger partial charge in [-0.05, 0) is 24.1 Å². The maximum atomic E-state index is 13.3. The molecule has 2 aromatic carbocycles. The van der Waals surface area contributed by atoms with Crippen LogP contribution in [0, 0.1) is 0 Å². The molecule has 2 unspecified atom stereocenters. The fourth-order valence-corrected chi connectivity index (χ4v) is 4.96. The second-order valence-corrected chi connectivity index (χ2v) is 7.66. The van der Waals surface area contributed by atoms with Gasteiger partial charge < -0.3 is 15.0 Å². The number of para-hydroxylation sites is 1. The number of piperazine rings is 1. The van der Waals surface area contributed by atoms with Crippen molar-refractivity contribution in [1.29, 1.82) is 0 Å². The topological polar surface area (TPSA) is 41.6 Å². The van der Waals surface area contributed by atoms with Gasteiger partial charge in [0, 0.05) is 30.1 Å². The van der Waals surface area contributed by atoms with Crippen molar-refractivity contribution in [3.05, 3.63) is 59.7 Å². The van der Waals surface area contributed by atoms with Gasteiger partial charge in [0.1, 0.15) is 5.75 Å². The van der Waals surface area contributed by atoms with E-state index >= 15 is 0 Å². The molecular formula is C20H22N2O2S. The Morgan fingerprint density at radius 2 is 2.00 bits per heavy atom. The van der Waals surface area contributed by atoms with Crippen molar-refractivity contribution in [2.75, 3.05) is 26.7 Å². The largest absolute Gasteiger partial charge is 0.496 e. The average molecular weight is 354 g/mol. The Balaban J connectivity index is 1.58. The minimum Gasteiger partial charge on any atom is -0.496 e. The zero-order valence-electron chi connectivity index (χ0n) is 14.3. The lowest BCUT2D eigenvalue weighted by atomic mass is 10.0. The molecule has 0 bridgehead atoms. The molecule has 0 spiro atoms. The number of carbonyl (C=O) groups excluding carboxylic acids is 1. The number of carbonyl (C=O) groups is 1. The van der Waals surface area contributed by atoms with E-state index in [9.17, 15) is 4.79 Å². The molecule has 4 nitrogen and oxygen atoms in total. The molecule has 25 heavy (non-hydrogen) atoms. The van der Waals surface area contributed by atoms with Crippen molar-refractivity contribution in [1.82, 2.24) is 10.2 Å². The molecule has 2 heterocycles. The lowest BCUT2D eigenvalue weighted by Crippen LogP contribution is -2.51. The number of nitrogens with zero attached hydrogens (tertiary/aromatic N) is 1. The summed E-state index contributed by atoms with van der Waals surface area (Å²) in [6.07, 6.45) is 0.822. The van der Waals surface area contributed by atoms with Crippen LogP contribution < -0.4 is 10.1 Å². The molecule has 2 atom stereocenters. The first-order valence-corrected chi connectivity index (χ1v) is 9.54. The minimum absolute atomic E-state index is 0.0155. The first kappa shape index (κ1) is 16.5. The molecule has 1 fully saturated rings. The van der Waals surface area contributed by atoms with Gasteiger partial charge in [-0.3, -0.25) is 4.79 Å². The fourth-order valence-electron chi connectivity index (χ4n) is 3.69. The Labute approximate surface area is 152 Å². The molecule has 130 valence electrons. The molecule has 0 radical (unpaired) electrons. The van der Waals surface area contributed by atoms with E-state index in [0.717, 1.165) is 37.4 Å². The molecule has 2 aliphatic rings. The third-order valence-electron chi connectivity index (χ3n) is 4.95. The van der Waals surface area contributed by atoms with Gasteiger partial charge in [-0.1, -0.05) is 36.4 Å². The second-order valence-electron chi connectivity index (χ2n) is 6.41. The molecule has 0 aromatic heterocycles. The first-order chi connectivity index (χ1) is 12.3. The zero-order chi connectivity index (χ0) is 17.2. The fraction of sp³-hybridized carbons (Fsp3) is 0.350. The van der Waals surface area contributed by atoms with E-state index in [2.05, 4.69) is 29.6 Å². The molecule has 1 amide bonds. The average Bonchev–Trinajstić information content (AvgIpc) is 3.11. The smallest absolute Gasteiger partial charge is 0.237 e. The number of hydrogen-bond donors (Lipinski definition) is 1. The lowest BCUT2D eigenvalue weighted by molar-refractivity contribution is -0.133. The Bertz CT molecular complexity index is 755. The number of methoxy groups -OCH3 is 1. The Hall–Kier alpha value is -1.98. The van der Waals surface area contributed by atoms with E-state index in [0.29, 0.717) is 0 Å². The van der Waals surface area contributed by atoms with Crippen molar-refractivity contribution in [3.8, 4) is 5.75 Å². The van der Waals surface area contributed by atoms with E-state index < -0.39 is 0 Å². The maximum absolute atomic E-state index is 13.3. The highest BCUT2D eigenvalue weighted by Gasteiger charge is 2.36. The highest BCUT2D eigenvalue weighted by atomic mass is 32.2. The highest BCUT2D eigenvalue weighted by molar-refractivity contribution is 8.01. The summed E-state index contributed by atoms with van der Waals surface area (Å²) in [4.78, 5) is 16.6. The van der Waals surface area contributed by atoms with Crippen LogP contribution in [-0.4, -0.2) is 42.8 Å². The van der Waals surface area contributed by atoms with Crippen LogP contribution in [0.5, 0.6) is 5.75 Å². The van der Waals surface area contributed by atoms with Crippen LogP contribution in [0.3, 0.4) is 0 Å². The minimum atomic E-state index is -0.0206. The zero-order valence-corrected chi connectivity index (χ0v) is 15.1. The molecule has 4 rings (SSSR count). The molecule has 2 aliphatic heterocycles. The van der Waals surface area contributed by atoms with Crippen LogP contribution in [0.25, 0.3) is 0 Å². The van der Waals surface area contributed by atoms with E-state index in [-0.39, 0.29) is 17.2 Å². The third-order valence-corrected chi connectivity index (χ3v) is 6.25. The SMILES string of the molecule is COc1ccccc1C1CNCCN1C(=O)C1Cc2ccccc2S1. The van der Waals surface area contributed by atoms with Gasteiger partial charge in [0.2, 0.25) is 5.91 Å². The Morgan fingerprint density at radius 1 is 1.20 bits per heavy atom. The van der Waals surface area contributed by atoms with Crippen molar-refractivity contribution < 1.29 is 9.53 Å². The first-order valence-electron chi connectivity index (χ1n) is 8.66. The molecule has 5 heteroatoms. The number of benzene rings is 2. The van der Waals surface area contributed by atoms with E-state index in [1.165, 1.54) is 10.5 Å². The maximum Gasteiger partial charge on any atom is 0.237 e. The van der Waals surface area contributed by atoms with E-state index in [1.54, 1.807) is 18.9 Å². The lowest BCUT2D eigenvalue weighted by Gasteiger charge is -2.38. The third kappa shape index (κ3) is 3.14. The van der Waals surface area contributed by atoms with Crippen LogP contribution in [0.15, 0.2) is 53.4 Å². The van der Waals surface area contributed by atoms with Crippen LogP contribution in [0.1, 0.15) is 17.2 Å². The van der Waals surface area contributed by atoms with Crippen molar-refractivity contribution in [3.63, 3.8) is 0 Å². The van der Waals surface area contributed by atoms with Gasteiger partial charge in [0.15, 0.2) is 0 Å². The van der Waals surface area contributed by atoms with Gasteiger partial charge >= 0.3 is 0 Å². The predicted octanol–water partition coefficient (Wildman–Crippen LogP) is 2.89. The number of hydrogen-bond acceptors (Lipinski definition) is 4. The standard InChI is InChI=1S/C20H22N2O2S/c1-24-17-8-4-3-7-15(17)16-13-21-10-11-22(16)20(23)19-12-14-6-2-5-9-18(14)25-19/h2-9,16,19,21H,10-13H2,1H3. The molecule has 0 saturated carbocycles. The normalized spacial score (nSPS) is 22.5. The number of fused-ring (bicyclic) bond motifs is 1. The summed E-state index contributed by atoms with van der Waals surface area (Å²) in [5.41, 5.74) is 2.36. The summed E-state index contributed by atoms with van der Waals surface area (Å²) in [6, 6.07) is 16.4.